The molecule has 0 aromatic rings. The molecule has 1 atom stereocenters. The second kappa shape index (κ2) is 4.68. The van der Waals surface area contributed by atoms with E-state index in [2.05, 4.69) is 0 Å². The topological polar surface area (TPSA) is 89.6 Å². The van der Waals surface area contributed by atoms with Gasteiger partial charge in [-0.2, -0.15) is 0 Å². The van der Waals surface area contributed by atoms with Crippen molar-refractivity contribution in [3.63, 3.8) is 0 Å². The first-order valence-electron chi connectivity index (χ1n) is 3.16. The van der Waals surface area contributed by atoms with Crippen LogP contribution >= 0.6 is 0 Å². The molecule has 64 valence electrons. The third-order valence-electron chi connectivity index (χ3n) is 1.06. The van der Waals surface area contributed by atoms with Gasteiger partial charge in [0, 0.05) is 6.42 Å². The first-order valence-corrected chi connectivity index (χ1v) is 3.16. The Bertz CT molecular complexity index is 157. The summed E-state index contributed by atoms with van der Waals surface area (Å²) in [5.41, 5.74) is 4.79. The lowest BCUT2D eigenvalue weighted by atomic mass is 10.4. The minimum Gasteiger partial charge on any atom is -0.479 e. The highest BCUT2D eigenvalue weighted by molar-refractivity contribution is 5.74. The number of amides is 1. The van der Waals surface area contributed by atoms with Gasteiger partial charge in [0.2, 0.25) is 5.91 Å². The largest absolute Gasteiger partial charge is 0.479 e. The number of hydrogen-bond acceptors (Lipinski definition) is 3. The molecule has 0 aliphatic rings. The maximum atomic E-state index is 10.1. The van der Waals surface area contributed by atoms with Gasteiger partial charge in [0.1, 0.15) is 0 Å². The Balaban J connectivity index is 3.39. The van der Waals surface area contributed by atoms with E-state index in [0.29, 0.717) is 0 Å². The zero-order chi connectivity index (χ0) is 8.85. The summed E-state index contributed by atoms with van der Waals surface area (Å²) in [6.45, 7) is 1.45. The molecule has 0 saturated carbocycles. The molecule has 0 fully saturated rings. The van der Waals surface area contributed by atoms with E-state index in [1.54, 1.807) is 0 Å². The van der Waals surface area contributed by atoms with Crippen LogP contribution in [0.25, 0.3) is 0 Å². The normalized spacial score (nSPS) is 12.5. The highest BCUT2D eigenvalue weighted by Crippen LogP contribution is 1.91. The summed E-state index contributed by atoms with van der Waals surface area (Å²) < 4.78 is 4.71. The molecular formula is C6H11NO4. The number of ether oxygens (including phenoxy) is 1. The van der Waals surface area contributed by atoms with Crippen LogP contribution in [0.3, 0.4) is 0 Å². The molecule has 1 amide bonds. The quantitative estimate of drug-likeness (QED) is 0.560. The molecule has 11 heavy (non-hydrogen) atoms. The molecule has 3 N–H and O–H groups in total. The van der Waals surface area contributed by atoms with Gasteiger partial charge < -0.3 is 15.6 Å². The predicted octanol–water partition coefficient (Wildman–Crippen LogP) is -0.648. The van der Waals surface area contributed by atoms with Gasteiger partial charge in [0.25, 0.3) is 0 Å². The highest BCUT2D eigenvalue weighted by Gasteiger charge is 2.10. The van der Waals surface area contributed by atoms with Crippen molar-refractivity contribution in [2.75, 3.05) is 6.61 Å². The first kappa shape index (κ1) is 9.90. The van der Waals surface area contributed by atoms with Crippen molar-refractivity contribution < 1.29 is 19.4 Å². The Morgan fingerprint density at radius 3 is 2.55 bits per heavy atom. The van der Waals surface area contributed by atoms with Crippen molar-refractivity contribution in [1.82, 2.24) is 0 Å². The average Bonchev–Trinajstić information content (AvgIpc) is 1.86. The van der Waals surface area contributed by atoms with Crippen molar-refractivity contribution in [3.05, 3.63) is 0 Å². The number of aliphatic carboxylic acids is 1. The molecule has 0 aliphatic heterocycles. The molecule has 0 aliphatic carbocycles. The van der Waals surface area contributed by atoms with Gasteiger partial charge in [-0.05, 0) is 6.92 Å². The van der Waals surface area contributed by atoms with Crippen LogP contribution in [0.2, 0.25) is 0 Å². The fraction of sp³-hybridized carbons (Fsp3) is 0.667. The number of carboxylic acid groups (broad SMARTS) is 1. The SMILES string of the molecule is CC(OCCC(N)=O)C(=O)O. The van der Waals surface area contributed by atoms with Crippen molar-refractivity contribution in [3.8, 4) is 0 Å². The van der Waals surface area contributed by atoms with Gasteiger partial charge in [-0.1, -0.05) is 0 Å². The molecule has 0 aromatic carbocycles. The molecule has 0 aromatic heterocycles. The molecule has 0 radical (unpaired) electrons. The fourth-order valence-corrected chi connectivity index (χ4v) is 0.408. The van der Waals surface area contributed by atoms with Crippen LogP contribution in [0.1, 0.15) is 13.3 Å². The molecule has 0 saturated heterocycles. The van der Waals surface area contributed by atoms with Crippen LogP contribution in [-0.2, 0) is 14.3 Å². The maximum Gasteiger partial charge on any atom is 0.332 e. The summed E-state index contributed by atoms with van der Waals surface area (Å²) in [7, 11) is 0. The lowest BCUT2D eigenvalue weighted by molar-refractivity contribution is -0.149. The summed E-state index contributed by atoms with van der Waals surface area (Å²) in [4.78, 5) is 20.3. The minimum absolute atomic E-state index is 0.0532. The predicted molar refractivity (Wildman–Crippen MR) is 36.9 cm³/mol. The maximum absolute atomic E-state index is 10.1. The van der Waals surface area contributed by atoms with Crippen LogP contribution in [0, 0.1) is 0 Å². The summed E-state index contributed by atoms with van der Waals surface area (Å²) in [5.74, 6) is -1.54. The van der Waals surface area contributed by atoms with Crippen LogP contribution in [0.5, 0.6) is 0 Å². The second-order valence-corrected chi connectivity index (χ2v) is 2.07. The summed E-state index contributed by atoms with van der Waals surface area (Å²) in [6, 6.07) is 0. The van der Waals surface area contributed by atoms with Gasteiger partial charge in [0.05, 0.1) is 6.61 Å². The van der Waals surface area contributed by atoms with Crippen molar-refractivity contribution in [1.29, 1.82) is 0 Å². The summed E-state index contributed by atoms with van der Waals surface area (Å²) in [6.07, 6.45) is -0.827. The van der Waals surface area contributed by atoms with E-state index < -0.39 is 18.0 Å². The monoisotopic (exact) mass is 161 g/mol. The molecule has 0 spiro atoms. The number of nitrogens with two attached hydrogens (primary N) is 1. The molecule has 5 heteroatoms. The Labute approximate surface area is 64.1 Å². The van der Waals surface area contributed by atoms with Crippen molar-refractivity contribution >= 4 is 11.9 Å². The van der Waals surface area contributed by atoms with Crippen LogP contribution in [-0.4, -0.2) is 29.7 Å². The number of carbonyl (C=O) groups is 2. The molecule has 5 nitrogen and oxygen atoms in total. The van der Waals surface area contributed by atoms with E-state index in [9.17, 15) is 9.59 Å². The molecular weight excluding hydrogens is 150 g/mol. The minimum atomic E-state index is -1.05. The molecule has 1 unspecified atom stereocenters. The summed E-state index contributed by atoms with van der Waals surface area (Å²) >= 11 is 0. The van der Waals surface area contributed by atoms with Crippen LogP contribution < -0.4 is 5.73 Å². The average molecular weight is 161 g/mol. The van der Waals surface area contributed by atoms with E-state index in [1.807, 2.05) is 0 Å². The number of carbonyl (C=O) groups excluding carboxylic acids is 1. The van der Waals surface area contributed by atoms with Crippen molar-refractivity contribution in [2.24, 2.45) is 5.73 Å². The Kier molecular flexibility index (Phi) is 4.21. The van der Waals surface area contributed by atoms with Crippen LogP contribution in [0.15, 0.2) is 0 Å². The Morgan fingerprint density at radius 1 is 1.64 bits per heavy atom. The molecule has 0 bridgehead atoms. The van der Waals surface area contributed by atoms with Gasteiger partial charge in [-0.3, -0.25) is 4.79 Å². The lowest BCUT2D eigenvalue weighted by Gasteiger charge is -2.05. The Morgan fingerprint density at radius 2 is 2.18 bits per heavy atom. The van der Waals surface area contributed by atoms with Crippen molar-refractivity contribution in [2.45, 2.75) is 19.4 Å². The van der Waals surface area contributed by atoms with Crippen LogP contribution in [0.4, 0.5) is 0 Å². The standard InChI is InChI=1S/C6H11NO4/c1-4(6(9)10)11-3-2-5(7)8/h4H,2-3H2,1H3,(H2,7,8)(H,9,10). The first-order chi connectivity index (χ1) is 5.04. The zero-order valence-corrected chi connectivity index (χ0v) is 6.24. The highest BCUT2D eigenvalue weighted by atomic mass is 16.5. The second-order valence-electron chi connectivity index (χ2n) is 2.07. The molecule has 0 heterocycles. The van der Waals surface area contributed by atoms with E-state index in [0.717, 1.165) is 0 Å². The smallest absolute Gasteiger partial charge is 0.332 e. The van der Waals surface area contributed by atoms with Gasteiger partial charge in [-0.25, -0.2) is 4.79 Å². The van der Waals surface area contributed by atoms with Gasteiger partial charge >= 0.3 is 5.97 Å². The number of rotatable bonds is 5. The third-order valence-corrected chi connectivity index (χ3v) is 1.06. The van der Waals surface area contributed by atoms with E-state index >= 15 is 0 Å². The zero-order valence-electron chi connectivity index (χ0n) is 6.24. The number of carboxylic acids is 1. The summed E-state index contributed by atoms with van der Waals surface area (Å²) in [5, 5.41) is 8.31. The lowest BCUT2D eigenvalue weighted by Crippen LogP contribution is -2.22. The van der Waals surface area contributed by atoms with Gasteiger partial charge in [-0.15, -0.1) is 0 Å². The van der Waals surface area contributed by atoms with E-state index in [1.165, 1.54) is 6.92 Å². The van der Waals surface area contributed by atoms with E-state index in [-0.39, 0.29) is 13.0 Å². The number of primary amides is 1. The van der Waals surface area contributed by atoms with Gasteiger partial charge in [0.15, 0.2) is 6.10 Å². The number of hydrogen-bond donors (Lipinski definition) is 2. The third kappa shape index (κ3) is 5.35. The van der Waals surface area contributed by atoms with E-state index in [4.69, 9.17) is 15.6 Å². The fourth-order valence-electron chi connectivity index (χ4n) is 0.408. The molecule has 0 rings (SSSR count). The Hall–Kier alpha value is -1.10.